The molecule has 0 aromatic heterocycles. The molecule has 6 heteroatoms. The van der Waals surface area contributed by atoms with Gasteiger partial charge >= 0.3 is 12.1 Å². The molecule has 0 bridgehead atoms. The largest absolute Gasteiger partial charge is 0.338 e. The van der Waals surface area contributed by atoms with Crippen molar-refractivity contribution in [1.29, 1.82) is 0 Å². The first-order valence-electron chi connectivity index (χ1n) is 10.5. The molecule has 3 aliphatic rings. The molecule has 6 nitrogen and oxygen atoms in total. The average Bonchev–Trinajstić information content (AvgIpc) is 2.67. The van der Waals surface area contributed by atoms with E-state index < -0.39 is 0 Å². The summed E-state index contributed by atoms with van der Waals surface area (Å²) < 4.78 is 0. The number of piperidine rings is 2. The zero-order valence-corrected chi connectivity index (χ0v) is 16.6. The Kier molecular flexibility index (Phi) is 6.30. The molecule has 148 valence electrons. The number of nitrogens with one attached hydrogen (secondary N) is 2. The molecule has 2 aliphatic heterocycles. The summed E-state index contributed by atoms with van der Waals surface area (Å²) in [7, 11) is 0. The molecule has 1 saturated carbocycles. The highest BCUT2D eigenvalue weighted by atomic mass is 16.2. The summed E-state index contributed by atoms with van der Waals surface area (Å²) in [5, 5.41) is 6.28. The summed E-state index contributed by atoms with van der Waals surface area (Å²) in [6, 6.07) is 0.199. The summed E-state index contributed by atoms with van der Waals surface area (Å²) >= 11 is 0. The van der Waals surface area contributed by atoms with Gasteiger partial charge in [-0.1, -0.05) is 13.8 Å². The van der Waals surface area contributed by atoms with Crippen molar-refractivity contribution in [3.63, 3.8) is 0 Å². The summed E-state index contributed by atoms with van der Waals surface area (Å²) in [6.45, 7) is 9.61. The minimum Gasteiger partial charge on any atom is -0.338 e. The molecule has 4 amide bonds. The number of nitrogens with zero attached hydrogens (tertiary/aromatic N) is 2. The van der Waals surface area contributed by atoms with Crippen molar-refractivity contribution in [1.82, 2.24) is 20.4 Å². The average molecular weight is 365 g/mol. The van der Waals surface area contributed by atoms with E-state index in [0.29, 0.717) is 11.8 Å². The molecule has 1 aliphatic carbocycles. The third-order valence-electron chi connectivity index (χ3n) is 6.96. The first kappa shape index (κ1) is 19.3. The second-order valence-electron chi connectivity index (χ2n) is 8.92. The molecule has 0 aromatic rings. The van der Waals surface area contributed by atoms with Crippen molar-refractivity contribution in [2.24, 2.45) is 17.3 Å². The zero-order chi connectivity index (χ0) is 18.6. The normalized spacial score (nSPS) is 28.2. The highest BCUT2D eigenvalue weighted by Crippen LogP contribution is 2.50. The fourth-order valence-electron chi connectivity index (χ4n) is 4.66. The van der Waals surface area contributed by atoms with Crippen LogP contribution in [0.1, 0.15) is 58.8 Å². The molecule has 26 heavy (non-hydrogen) atoms. The number of carbonyl (C=O) groups excluding carboxylic acids is 2. The Morgan fingerprint density at radius 1 is 0.769 bits per heavy atom. The van der Waals surface area contributed by atoms with Gasteiger partial charge in [0.2, 0.25) is 0 Å². The molecule has 3 rings (SSSR count). The van der Waals surface area contributed by atoms with E-state index in [2.05, 4.69) is 24.5 Å². The van der Waals surface area contributed by atoms with Gasteiger partial charge in [-0.15, -0.1) is 0 Å². The van der Waals surface area contributed by atoms with E-state index in [9.17, 15) is 9.59 Å². The first-order chi connectivity index (χ1) is 12.5. The monoisotopic (exact) mass is 364 g/mol. The van der Waals surface area contributed by atoms with E-state index >= 15 is 0 Å². The van der Waals surface area contributed by atoms with Crippen LogP contribution in [0.4, 0.5) is 9.59 Å². The molecule has 0 spiro atoms. The lowest BCUT2D eigenvalue weighted by Gasteiger charge is -2.52. The van der Waals surface area contributed by atoms with Gasteiger partial charge in [0.1, 0.15) is 0 Å². The van der Waals surface area contributed by atoms with Gasteiger partial charge in [-0.25, -0.2) is 9.59 Å². The summed E-state index contributed by atoms with van der Waals surface area (Å²) in [4.78, 5) is 28.5. The van der Waals surface area contributed by atoms with E-state index in [1.54, 1.807) is 0 Å². The van der Waals surface area contributed by atoms with Crippen molar-refractivity contribution < 1.29 is 9.59 Å². The molecular formula is C20H36N4O2. The van der Waals surface area contributed by atoms with Crippen LogP contribution in [0.3, 0.4) is 0 Å². The SMILES string of the molecule is CC1(C)C(CNC(=O)N2CCCCC2)CC1CNC(=O)N1CCCCC1. The maximum Gasteiger partial charge on any atom is 0.317 e. The van der Waals surface area contributed by atoms with Gasteiger partial charge in [-0.2, -0.15) is 0 Å². The third-order valence-corrected chi connectivity index (χ3v) is 6.96. The van der Waals surface area contributed by atoms with Gasteiger partial charge in [0, 0.05) is 39.3 Å². The molecule has 2 unspecified atom stereocenters. The van der Waals surface area contributed by atoms with Gasteiger partial charge in [-0.05, 0) is 62.2 Å². The Labute approximate surface area is 158 Å². The number of urea groups is 2. The van der Waals surface area contributed by atoms with Crippen molar-refractivity contribution >= 4 is 12.1 Å². The minimum absolute atomic E-state index is 0.0994. The number of carbonyl (C=O) groups is 2. The highest BCUT2D eigenvalue weighted by molar-refractivity contribution is 5.74. The molecule has 2 heterocycles. The van der Waals surface area contributed by atoms with Crippen molar-refractivity contribution in [2.75, 3.05) is 39.3 Å². The zero-order valence-electron chi connectivity index (χ0n) is 16.6. The van der Waals surface area contributed by atoms with E-state index in [1.807, 2.05) is 9.80 Å². The molecule has 2 N–H and O–H groups in total. The lowest BCUT2D eigenvalue weighted by molar-refractivity contribution is -0.0159. The lowest BCUT2D eigenvalue weighted by Crippen LogP contribution is -2.56. The Balaban J connectivity index is 1.37. The number of hydrogen-bond acceptors (Lipinski definition) is 2. The van der Waals surface area contributed by atoms with Crippen LogP contribution in [0.5, 0.6) is 0 Å². The Bertz CT molecular complexity index is 454. The second kappa shape index (κ2) is 8.49. The van der Waals surface area contributed by atoms with E-state index in [-0.39, 0.29) is 17.5 Å². The van der Waals surface area contributed by atoms with E-state index in [1.165, 1.54) is 12.8 Å². The van der Waals surface area contributed by atoms with Gasteiger partial charge in [0.05, 0.1) is 0 Å². The van der Waals surface area contributed by atoms with Crippen LogP contribution >= 0.6 is 0 Å². The van der Waals surface area contributed by atoms with Crippen LogP contribution in [0.25, 0.3) is 0 Å². The highest BCUT2D eigenvalue weighted by Gasteiger charge is 2.47. The topological polar surface area (TPSA) is 64.7 Å². The minimum atomic E-state index is 0.0994. The molecule has 2 saturated heterocycles. The standard InChI is InChI=1S/C20H36N4O2/c1-20(2)16(14-21-18(25)23-9-5-3-6-10-23)13-17(20)15-22-19(26)24-11-7-4-8-12-24/h16-17H,3-15H2,1-2H3,(H,21,25)(H,22,26). The van der Waals surface area contributed by atoms with Gasteiger partial charge in [0.15, 0.2) is 0 Å². The summed E-state index contributed by atoms with van der Waals surface area (Å²) in [5.41, 5.74) is 0.157. The molecular weight excluding hydrogens is 328 g/mol. The van der Waals surface area contributed by atoms with Crippen molar-refractivity contribution in [2.45, 2.75) is 58.8 Å². The smallest absolute Gasteiger partial charge is 0.317 e. The quantitative estimate of drug-likeness (QED) is 0.805. The fraction of sp³-hybridized carbons (Fsp3) is 0.900. The second-order valence-corrected chi connectivity index (χ2v) is 8.92. The third kappa shape index (κ3) is 4.44. The first-order valence-corrected chi connectivity index (χ1v) is 10.5. The number of hydrogen-bond donors (Lipinski definition) is 2. The van der Waals surface area contributed by atoms with Gasteiger partial charge < -0.3 is 20.4 Å². The van der Waals surface area contributed by atoms with Gasteiger partial charge in [0.25, 0.3) is 0 Å². The molecule has 2 atom stereocenters. The summed E-state index contributed by atoms with van der Waals surface area (Å²) in [5.74, 6) is 0.987. The molecule has 3 fully saturated rings. The van der Waals surface area contributed by atoms with Crippen LogP contribution < -0.4 is 10.6 Å². The van der Waals surface area contributed by atoms with Gasteiger partial charge in [-0.3, -0.25) is 0 Å². The Morgan fingerprint density at radius 3 is 1.50 bits per heavy atom. The Hall–Kier alpha value is -1.46. The maximum absolute atomic E-state index is 12.3. The van der Waals surface area contributed by atoms with E-state index in [4.69, 9.17) is 0 Å². The van der Waals surface area contributed by atoms with Crippen LogP contribution in [0, 0.1) is 17.3 Å². The Morgan fingerprint density at radius 2 is 1.15 bits per heavy atom. The number of likely N-dealkylation sites (tertiary alicyclic amines) is 2. The summed E-state index contributed by atoms with van der Waals surface area (Å²) in [6.07, 6.45) is 8.06. The maximum atomic E-state index is 12.3. The number of amides is 4. The predicted molar refractivity (Wildman–Crippen MR) is 103 cm³/mol. The number of rotatable bonds is 4. The fourth-order valence-corrected chi connectivity index (χ4v) is 4.66. The predicted octanol–water partition coefficient (Wildman–Crippen LogP) is 3.04. The van der Waals surface area contributed by atoms with Crippen LogP contribution in [-0.2, 0) is 0 Å². The lowest BCUT2D eigenvalue weighted by atomic mass is 9.54. The molecule has 0 radical (unpaired) electrons. The molecule has 0 aromatic carbocycles. The van der Waals surface area contributed by atoms with Crippen LogP contribution in [0.15, 0.2) is 0 Å². The van der Waals surface area contributed by atoms with Crippen LogP contribution in [-0.4, -0.2) is 61.1 Å². The van der Waals surface area contributed by atoms with Crippen molar-refractivity contribution in [3.8, 4) is 0 Å². The van der Waals surface area contributed by atoms with E-state index in [0.717, 1.165) is 71.4 Å². The van der Waals surface area contributed by atoms with Crippen molar-refractivity contribution in [3.05, 3.63) is 0 Å². The van der Waals surface area contributed by atoms with Crippen LogP contribution in [0.2, 0.25) is 0 Å².